The molecule has 2 aliphatic heterocycles. The number of hydrogen-bond donors (Lipinski definition) is 1. The lowest BCUT2D eigenvalue weighted by Crippen LogP contribution is -2.49. The first-order valence-corrected chi connectivity index (χ1v) is 12.0. The second kappa shape index (κ2) is 8.76. The summed E-state index contributed by atoms with van der Waals surface area (Å²) in [5.74, 6) is -0.333. The van der Waals surface area contributed by atoms with E-state index in [1.54, 1.807) is 30.3 Å². The maximum atomic E-state index is 14.1. The molecule has 6 heteroatoms. The third-order valence-corrected chi connectivity index (χ3v) is 7.40. The minimum absolute atomic E-state index is 0.202. The first kappa shape index (κ1) is 14.6. The molecule has 2 saturated heterocycles. The molecular formula is C30H34N4O2. The van der Waals surface area contributed by atoms with Crippen molar-refractivity contribution in [3.05, 3.63) is 63.8 Å². The number of aromatic amines is 1. The minimum Gasteiger partial charge on any atom is -0.379 e. The molecule has 0 atom stereocenters. The van der Waals surface area contributed by atoms with Gasteiger partial charge >= 0.3 is 0 Å². The number of nitriles is 1. The number of aromatic nitrogens is 1. The number of hydrogen-bond acceptors (Lipinski definition) is 5. The molecule has 0 bridgehead atoms. The van der Waals surface area contributed by atoms with Gasteiger partial charge in [-0.1, -0.05) is 26.8 Å². The topological polar surface area (TPSA) is 72.4 Å². The lowest BCUT2D eigenvalue weighted by atomic mass is 9.70. The summed E-state index contributed by atoms with van der Waals surface area (Å²) >= 11 is 0. The van der Waals surface area contributed by atoms with E-state index in [9.17, 15) is 10.1 Å². The number of nitrogens with zero attached hydrogens (tertiary/aromatic N) is 3. The summed E-state index contributed by atoms with van der Waals surface area (Å²) < 4.78 is 90.9. The number of rotatable bonds is 3. The number of benzene rings is 2. The summed E-state index contributed by atoms with van der Waals surface area (Å²) in [5, 5.41) is 10.00. The molecular weight excluding hydrogens is 448 g/mol. The van der Waals surface area contributed by atoms with E-state index in [4.69, 9.17) is 18.4 Å². The lowest BCUT2D eigenvalue weighted by Gasteiger charge is -2.42. The van der Waals surface area contributed by atoms with E-state index in [1.165, 1.54) is 4.90 Å². The van der Waals surface area contributed by atoms with Crippen LogP contribution in [0.2, 0.25) is 0 Å². The van der Waals surface area contributed by atoms with Crippen molar-refractivity contribution < 1.29 is 23.2 Å². The zero-order valence-electron chi connectivity index (χ0n) is 30.1. The summed E-state index contributed by atoms with van der Waals surface area (Å²) in [6.45, 7) is -8.86. The second-order valence-corrected chi connectivity index (χ2v) is 9.55. The van der Waals surface area contributed by atoms with Crippen LogP contribution in [0.25, 0.3) is 10.9 Å². The molecule has 1 aromatic heterocycles. The highest BCUT2D eigenvalue weighted by Gasteiger charge is 2.40. The van der Waals surface area contributed by atoms with E-state index in [0.717, 1.165) is 4.90 Å². The zero-order valence-corrected chi connectivity index (χ0v) is 20.1. The third-order valence-electron chi connectivity index (χ3n) is 7.40. The predicted molar refractivity (Wildman–Crippen MR) is 142 cm³/mol. The molecule has 3 aliphatic rings. The number of carbonyl (C=O) groups excluding carboxylic acids is 1. The minimum atomic E-state index is -2.34. The van der Waals surface area contributed by atoms with Gasteiger partial charge in [-0.3, -0.25) is 9.69 Å². The highest BCUT2D eigenvalue weighted by atomic mass is 16.5. The largest absolute Gasteiger partial charge is 0.379 e. The molecule has 0 radical (unpaired) electrons. The quantitative estimate of drug-likeness (QED) is 0.570. The Morgan fingerprint density at radius 3 is 2.69 bits per heavy atom. The summed E-state index contributed by atoms with van der Waals surface area (Å²) in [5.41, 5.74) is 1.60. The Labute approximate surface area is 226 Å². The molecule has 0 amide bonds. The Morgan fingerprint density at radius 1 is 1.22 bits per heavy atom. The molecule has 186 valence electrons. The zero-order chi connectivity index (χ0) is 33.6. The van der Waals surface area contributed by atoms with Gasteiger partial charge in [-0.25, -0.2) is 0 Å². The molecule has 1 aliphatic carbocycles. The van der Waals surface area contributed by atoms with Gasteiger partial charge in [0.2, 0.25) is 0 Å². The maximum Gasteiger partial charge on any atom is 0.195 e. The van der Waals surface area contributed by atoms with Gasteiger partial charge in [0.05, 0.1) is 35.8 Å². The first-order valence-electron chi connectivity index (χ1n) is 17.5. The van der Waals surface area contributed by atoms with Crippen LogP contribution in [0.1, 0.15) is 85.6 Å². The standard InChI is InChI=1S/C30H34N4O2/c1-4-20-16-23-24(17-26(20)34-9-7-21(8-10-34)33-11-13-36-14-12-33)30(2,3)29-27(28(23)35)22-6-5-19(18-31)15-25(22)32-29/h5-6,15-17,21,32H,4,7-14H2,1-3H3/i2D,3D,9D2,10D2,13D2,14D2. The number of H-pyrrole nitrogens is 1. The van der Waals surface area contributed by atoms with E-state index >= 15 is 0 Å². The Morgan fingerprint density at radius 2 is 2.00 bits per heavy atom. The molecule has 2 fully saturated rings. The number of anilines is 1. The highest BCUT2D eigenvalue weighted by Crippen LogP contribution is 2.46. The Hall–Kier alpha value is -3.14. The number of carbonyl (C=O) groups is 1. The number of morpholine rings is 1. The van der Waals surface area contributed by atoms with Crippen LogP contribution in [0.3, 0.4) is 0 Å². The molecule has 6 rings (SSSR count). The van der Waals surface area contributed by atoms with Gasteiger partial charge in [-0.2, -0.15) is 5.26 Å². The SMILES string of the molecule is [2H]CC1(C[2H])c2cc(N3C([2H])([2H])CC(N4CC([2H])([2H])OC([2H])([2H])C4)CC3([2H])[2H])c(CC)cc2C(=O)c2c1[nH]c1cc(C#N)ccc21. The molecule has 3 heterocycles. The van der Waals surface area contributed by atoms with E-state index in [0.29, 0.717) is 45.3 Å². The van der Waals surface area contributed by atoms with Crippen LogP contribution in [0.15, 0.2) is 30.3 Å². The molecule has 0 spiro atoms. The van der Waals surface area contributed by atoms with Crippen molar-refractivity contribution in [2.24, 2.45) is 0 Å². The van der Waals surface area contributed by atoms with Crippen LogP contribution in [0.5, 0.6) is 0 Å². The summed E-state index contributed by atoms with van der Waals surface area (Å²) in [4.78, 5) is 19.8. The van der Waals surface area contributed by atoms with Gasteiger partial charge in [0.1, 0.15) is 0 Å². The molecule has 0 unspecified atom stereocenters. The second-order valence-electron chi connectivity index (χ2n) is 9.55. The lowest BCUT2D eigenvalue weighted by molar-refractivity contribution is 0.0115. The van der Waals surface area contributed by atoms with E-state index in [2.05, 4.69) is 11.1 Å². The number of fused-ring (bicyclic) bond motifs is 4. The van der Waals surface area contributed by atoms with Crippen molar-refractivity contribution in [3.8, 4) is 6.07 Å². The average molecular weight is 493 g/mol. The molecule has 0 saturated carbocycles. The van der Waals surface area contributed by atoms with Crippen LogP contribution in [-0.2, 0) is 16.6 Å². The van der Waals surface area contributed by atoms with E-state index in [-0.39, 0.29) is 56.8 Å². The molecule has 36 heavy (non-hydrogen) atoms. The van der Waals surface area contributed by atoms with Crippen molar-refractivity contribution in [3.63, 3.8) is 0 Å². The number of aryl methyl sites for hydroxylation is 1. The predicted octanol–water partition coefficient (Wildman–Crippen LogP) is 4.77. The van der Waals surface area contributed by atoms with Gasteiger partial charge in [0.15, 0.2) is 5.78 Å². The highest BCUT2D eigenvalue weighted by molar-refractivity contribution is 6.20. The third kappa shape index (κ3) is 3.56. The number of piperidine rings is 1. The first-order chi connectivity index (χ1) is 21.4. The number of nitrogens with one attached hydrogen (secondary N) is 1. The van der Waals surface area contributed by atoms with Crippen LogP contribution >= 0.6 is 0 Å². The van der Waals surface area contributed by atoms with Crippen molar-refractivity contribution >= 4 is 22.4 Å². The van der Waals surface area contributed by atoms with Crippen LogP contribution in [-0.4, -0.2) is 60.9 Å². The van der Waals surface area contributed by atoms with Crippen LogP contribution in [0, 0.1) is 11.3 Å². The van der Waals surface area contributed by atoms with Crippen molar-refractivity contribution in [2.45, 2.75) is 51.4 Å². The molecule has 1 N–H and O–H groups in total. The number of ether oxygens (including phenoxy) is 1. The van der Waals surface area contributed by atoms with Crippen molar-refractivity contribution in [1.82, 2.24) is 9.88 Å². The number of ketones is 1. The van der Waals surface area contributed by atoms with Crippen molar-refractivity contribution in [1.29, 1.82) is 5.26 Å². The fourth-order valence-corrected chi connectivity index (χ4v) is 5.38. The maximum absolute atomic E-state index is 14.1. The normalized spacial score (nSPS) is 29.9. The summed E-state index contributed by atoms with van der Waals surface area (Å²) in [7, 11) is 0. The average Bonchev–Trinajstić information content (AvgIpc) is 3.34. The van der Waals surface area contributed by atoms with Crippen LogP contribution < -0.4 is 4.90 Å². The Bertz CT molecular complexity index is 1750. The summed E-state index contributed by atoms with van der Waals surface area (Å²) in [6.07, 6.45) is -0.187. The molecule has 2 aromatic carbocycles. The van der Waals surface area contributed by atoms with Gasteiger partial charge in [0.25, 0.3) is 0 Å². The smallest absolute Gasteiger partial charge is 0.195 e. The molecule has 3 aromatic rings. The van der Waals surface area contributed by atoms with Gasteiger partial charge in [0, 0.05) is 73.6 Å². The van der Waals surface area contributed by atoms with E-state index < -0.39 is 37.6 Å². The fraction of sp³-hybridized carbons (Fsp3) is 0.467. The summed E-state index contributed by atoms with van der Waals surface area (Å²) in [6, 6.07) is 9.33. The fourth-order valence-electron chi connectivity index (χ4n) is 5.38. The molecule has 6 nitrogen and oxygen atoms in total. The van der Waals surface area contributed by atoms with Gasteiger partial charge in [-0.05, 0) is 54.7 Å². The monoisotopic (exact) mass is 492 g/mol. The van der Waals surface area contributed by atoms with Crippen molar-refractivity contribution in [2.75, 3.05) is 44.1 Å². The Balaban J connectivity index is 1.48. The van der Waals surface area contributed by atoms with Crippen LogP contribution in [0.4, 0.5) is 5.69 Å². The van der Waals surface area contributed by atoms with Gasteiger partial charge in [-0.15, -0.1) is 0 Å². The van der Waals surface area contributed by atoms with E-state index in [1.807, 2.05) is 6.92 Å². The van der Waals surface area contributed by atoms with Gasteiger partial charge < -0.3 is 14.6 Å². The Kier molecular flexibility index (Phi) is 3.54.